The smallest absolute Gasteiger partial charge is 0.241 e. The van der Waals surface area contributed by atoms with Crippen molar-refractivity contribution in [1.29, 1.82) is 0 Å². The van der Waals surface area contributed by atoms with E-state index in [1.165, 1.54) is 6.07 Å². The molecule has 0 unspecified atom stereocenters. The second kappa shape index (κ2) is 8.24. The third-order valence-electron chi connectivity index (χ3n) is 3.25. The van der Waals surface area contributed by atoms with Gasteiger partial charge in [-0.3, -0.25) is 4.79 Å². The van der Waals surface area contributed by atoms with Gasteiger partial charge >= 0.3 is 0 Å². The Hall–Kier alpha value is -1.22. The fourth-order valence-electron chi connectivity index (χ4n) is 1.99. The molecule has 2 rings (SSSR count). The van der Waals surface area contributed by atoms with Crippen molar-refractivity contribution >= 4 is 53.5 Å². The van der Waals surface area contributed by atoms with Crippen LogP contribution < -0.4 is 10.0 Å². The molecule has 0 aliphatic heterocycles. The third kappa shape index (κ3) is 5.14. The number of halogens is 2. The molecule has 5 nitrogen and oxygen atoms in total. The number of carbonyl (C=O) groups excluding carboxylic acids is 1. The monoisotopic (exact) mass is 474 g/mol. The summed E-state index contributed by atoms with van der Waals surface area (Å²) in [6.45, 7) is 1.90. The molecule has 0 heterocycles. The minimum absolute atomic E-state index is 0.0129. The van der Waals surface area contributed by atoms with E-state index in [0.29, 0.717) is 8.95 Å². The fraction of sp³-hybridized carbons (Fsp3) is 0.188. The summed E-state index contributed by atoms with van der Waals surface area (Å²) < 4.78 is 28.2. The van der Waals surface area contributed by atoms with Crippen LogP contribution in [-0.4, -0.2) is 20.9 Å². The highest BCUT2D eigenvalue weighted by Crippen LogP contribution is 2.25. The van der Waals surface area contributed by atoms with Gasteiger partial charge in [-0.15, -0.1) is 0 Å². The number of hydrogen-bond acceptors (Lipinski definition) is 3. The number of anilines is 1. The van der Waals surface area contributed by atoms with Crippen molar-refractivity contribution in [3.8, 4) is 0 Å². The summed E-state index contributed by atoms with van der Waals surface area (Å²) >= 11 is 6.47. The van der Waals surface area contributed by atoms with Gasteiger partial charge < -0.3 is 5.32 Å². The van der Waals surface area contributed by atoms with Crippen LogP contribution in [0.15, 0.2) is 56.3 Å². The molecule has 8 heteroatoms. The van der Waals surface area contributed by atoms with Crippen molar-refractivity contribution < 1.29 is 13.2 Å². The predicted octanol–water partition coefficient (Wildman–Crippen LogP) is 3.83. The first kappa shape index (κ1) is 19.1. The Morgan fingerprint density at radius 3 is 2.54 bits per heavy atom. The molecule has 0 radical (unpaired) electrons. The van der Waals surface area contributed by atoms with E-state index in [1.54, 1.807) is 18.2 Å². The lowest BCUT2D eigenvalue weighted by Gasteiger charge is -2.10. The topological polar surface area (TPSA) is 75.3 Å². The molecule has 0 saturated carbocycles. The van der Waals surface area contributed by atoms with Crippen LogP contribution >= 0.6 is 31.9 Å². The summed E-state index contributed by atoms with van der Waals surface area (Å²) in [5, 5.41) is 2.77. The normalized spacial score (nSPS) is 11.3. The number of para-hydroxylation sites is 1. The van der Waals surface area contributed by atoms with Crippen molar-refractivity contribution in [1.82, 2.24) is 4.72 Å². The summed E-state index contributed by atoms with van der Waals surface area (Å²) in [6.07, 6.45) is 0.0409. The van der Waals surface area contributed by atoms with E-state index in [1.807, 2.05) is 25.1 Å². The molecule has 0 bridgehead atoms. The molecule has 2 N–H and O–H groups in total. The number of nitrogens with one attached hydrogen (secondary N) is 2. The highest BCUT2D eigenvalue weighted by Gasteiger charge is 2.18. The van der Waals surface area contributed by atoms with Crippen LogP contribution in [0.3, 0.4) is 0 Å². The van der Waals surface area contributed by atoms with Gasteiger partial charge in [0.25, 0.3) is 0 Å². The lowest BCUT2D eigenvalue weighted by Crippen LogP contribution is -2.28. The van der Waals surface area contributed by atoms with Crippen LogP contribution in [0.5, 0.6) is 0 Å². The van der Waals surface area contributed by atoms with Gasteiger partial charge in [-0.2, -0.15) is 0 Å². The summed E-state index contributed by atoms with van der Waals surface area (Å²) in [7, 11) is -3.70. The Labute approximate surface area is 158 Å². The Balaban J connectivity index is 1.94. The quantitative estimate of drug-likeness (QED) is 0.666. The Morgan fingerprint density at radius 2 is 1.83 bits per heavy atom. The molecule has 0 atom stereocenters. The highest BCUT2D eigenvalue weighted by atomic mass is 79.9. The highest BCUT2D eigenvalue weighted by molar-refractivity contribution is 9.11. The lowest BCUT2D eigenvalue weighted by atomic mass is 10.2. The molecule has 0 aliphatic carbocycles. The number of aryl methyl sites for hydroxylation is 1. The second-order valence-corrected chi connectivity index (χ2v) is 8.59. The van der Waals surface area contributed by atoms with E-state index in [9.17, 15) is 13.2 Å². The molecule has 0 spiro atoms. The summed E-state index contributed by atoms with van der Waals surface area (Å²) in [6, 6.07) is 12.3. The minimum Gasteiger partial charge on any atom is -0.326 e. The van der Waals surface area contributed by atoms with Crippen molar-refractivity contribution in [2.75, 3.05) is 11.9 Å². The van der Waals surface area contributed by atoms with E-state index in [0.717, 1.165) is 11.3 Å². The molecule has 24 heavy (non-hydrogen) atoms. The largest absolute Gasteiger partial charge is 0.326 e. The van der Waals surface area contributed by atoms with Crippen LogP contribution in [0.2, 0.25) is 0 Å². The van der Waals surface area contributed by atoms with Gasteiger partial charge in [0.15, 0.2) is 0 Å². The van der Waals surface area contributed by atoms with Crippen LogP contribution in [0.1, 0.15) is 12.0 Å². The molecule has 2 aromatic rings. The molecular weight excluding hydrogens is 460 g/mol. The van der Waals surface area contributed by atoms with Gasteiger partial charge in [0.2, 0.25) is 15.9 Å². The van der Waals surface area contributed by atoms with Crippen LogP contribution in [0.25, 0.3) is 0 Å². The number of benzene rings is 2. The van der Waals surface area contributed by atoms with Gasteiger partial charge in [-0.1, -0.05) is 34.1 Å². The second-order valence-electron chi connectivity index (χ2n) is 5.09. The van der Waals surface area contributed by atoms with Crippen molar-refractivity contribution in [2.45, 2.75) is 18.2 Å². The molecule has 0 saturated heterocycles. The first-order valence-electron chi connectivity index (χ1n) is 7.10. The Bertz CT molecular complexity index is 854. The van der Waals surface area contributed by atoms with Crippen LogP contribution in [-0.2, 0) is 14.8 Å². The van der Waals surface area contributed by atoms with E-state index in [-0.39, 0.29) is 23.8 Å². The van der Waals surface area contributed by atoms with Crippen molar-refractivity contribution in [3.63, 3.8) is 0 Å². The Kier molecular flexibility index (Phi) is 6.56. The van der Waals surface area contributed by atoms with Crippen molar-refractivity contribution in [2.24, 2.45) is 0 Å². The Morgan fingerprint density at radius 1 is 1.12 bits per heavy atom. The summed E-state index contributed by atoms with van der Waals surface area (Å²) in [5.41, 5.74) is 1.67. The third-order valence-corrected chi connectivity index (χ3v) is 6.19. The van der Waals surface area contributed by atoms with Crippen LogP contribution in [0.4, 0.5) is 5.69 Å². The molecule has 0 aromatic heterocycles. The van der Waals surface area contributed by atoms with E-state index < -0.39 is 10.0 Å². The van der Waals surface area contributed by atoms with Crippen LogP contribution in [0, 0.1) is 6.92 Å². The molecule has 128 valence electrons. The average Bonchev–Trinajstić information content (AvgIpc) is 2.51. The minimum atomic E-state index is -3.70. The predicted molar refractivity (Wildman–Crippen MR) is 101 cm³/mol. The van der Waals surface area contributed by atoms with Gasteiger partial charge in [-0.25, -0.2) is 13.1 Å². The van der Waals surface area contributed by atoms with E-state index >= 15 is 0 Å². The summed E-state index contributed by atoms with van der Waals surface area (Å²) in [4.78, 5) is 12.1. The average molecular weight is 476 g/mol. The zero-order valence-electron chi connectivity index (χ0n) is 12.8. The maximum absolute atomic E-state index is 12.3. The number of hydrogen-bond donors (Lipinski definition) is 2. The van der Waals surface area contributed by atoms with Gasteiger partial charge in [0, 0.05) is 27.6 Å². The number of rotatable bonds is 6. The number of carbonyl (C=O) groups is 1. The molecule has 0 aliphatic rings. The van der Waals surface area contributed by atoms with Gasteiger partial charge in [-0.05, 0) is 52.7 Å². The fourth-order valence-corrected chi connectivity index (χ4v) is 4.52. The molecule has 0 fully saturated rings. The SMILES string of the molecule is Cc1ccccc1NC(=O)CCNS(=O)(=O)c1cc(Br)ccc1Br. The van der Waals surface area contributed by atoms with Gasteiger partial charge in [0.1, 0.15) is 0 Å². The first-order chi connectivity index (χ1) is 11.3. The molecular formula is C16H16Br2N2O3S. The zero-order valence-corrected chi connectivity index (χ0v) is 16.8. The number of amides is 1. The van der Waals surface area contributed by atoms with Crippen molar-refractivity contribution in [3.05, 3.63) is 57.0 Å². The number of sulfonamides is 1. The zero-order chi connectivity index (χ0) is 17.7. The molecule has 2 aromatic carbocycles. The first-order valence-corrected chi connectivity index (χ1v) is 10.2. The maximum atomic E-state index is 12.3. The van der Waals surface area contributed by atoms with E-state index in [4.69, 9.17) is 0 Å². The maximum Gasteiger partial charge on any atom is 0.241 e. The molecule has 1 amide bonds. The summed E-state index contributed by atoms with van der Waals surface area (Å²) in [5.74, 6) is -0.250. The standard InChI is InChI=1S/C16H16Br2N2O3S/c1-11-4-2-3-5-14(11)20-16(21)8-9-19-24(22,23)15-10-12(17)6-7-13(15)18/h2-7,10,19H,8-9H2,1H3,(H,20,21). The van der Waals surface area contributed by atoms with Gasteiger partial charge in [0.05, 0.1) is 4.90 Å². The van der Waals surface area contributed by atoms with E-state index in [2.05, 4.69) is 41.9 Å². The lowest BCUT2D eigenvalue weighted by molar-refractivity contribution is -0.116.